The van der Waals surface area contributed by atoms with Gasteiger partial charge in [-0.05, 0) is 36.8 Å². The van der Waals surface area contributed by atoms with Gasteiger partial charge in [0.2, 0.25) is 0 Å². The number of nitrogens with zero attached hydrogens (tertiary/aromatic N) is 3. The van der Waals surface area contributed by atoms with Gasteiger partial charge in [0.15, 0.2) is 0 Å². The molecule has 0 saturated carbocycles. The number of benzene rings is 2. The summed E-state index contributed by atoms with van der Waals surface area (Å²) in [5.74, 6) is 1.49. The largest absolute Gasteiger partial charge is 0.497 e. The molecule has 0 aliphatic rings. The molecule has 2 aromatic heterocycles. The Balaban J connectivity index is 1.70. The van der Waals surface area contributed by atoms with Crippen LogP contribution in [-0.2, 0) is 5.75 Å². The second-order valence-electron chi connectivity index (χ2n) is 6.03. The zero-order chi connectivity index (χ0) is 19.7. The molecule has 28 heavy (non-hydrogen) atoms. The Bertz CT molecular complexity index is 1160. The first-order chi connectivity index (χ1) is 13.5. The van der Waals surface area contributed by atoms with Crippen molar-refractivity contribution in [1.29, 1.82) is 0 Å². The first-order valence-electron chi connectivity index (χ1n) is 8.40. The molecule has 0 aliphatic carbocycles. The number of hydrogen-bond acceptors (Lipinski definition) is 6. The normalized spacial score (nSPS) is 11.1. The summed E-state index contributed by atoms with van der Waals surface area (Å²) < 4.78 is 6.36. The number of fused-ring (bicyclic) bond motifs is 1. The monoisotopic (exact) mass is 447 g/mol. The van der Waals surface area contributed by atoms with E-state index < -0.39 is 0 Å². The van der Waals surface area contributed by atoms with Crippen LogP contribution in [-0.4, -0.2) is 22.3 Å². The molecule has 8 heteroatoms. The van der Waals surface area contributed by atoms with Crippen molar-refractivity contribution in [3.63, 3.8) is 0 Å². The highest BCUT2D eigenvalue weighted by atomic mass is 35.5. The maximum Gasteiger partial charge on any atom is 0.146 e. The molecule has 0 unspecified atom stereocenters. The highest BCUT2D eigenvalue weighted by Crippen LogP contribution is 2.37. The summed E-state index contributed by atoms with van der Waals surface area (Å²) in [6.07, 6.45) is 0. The van der Waals surface area contributed by atoms with Gasteiger partial charge < -0.3 is 4.74 Å². The van der Waals surface area contributed by atoms with Crippen LogP contribution in [0.15, 0.2) is 47.5 Å². The number of rotatable bonds is 5. The molecular formula is C20H15Cl2N3OS2. The van der Waals surface area contributed by atoms with E-state index in [1.165, 1.54) is 0 Å². The molecule has 0 spiro atoms. The number of thioether (sulfide) groups is 1. The van der Waals surface area contributed by atoms with Gasteiger partial charge >= 0.3 is 0 Å². The van der Waals surface area contributed by atoms with Crippen molar-refractivity contribution < 1.29 is 4.74 Å². The van der Waals surface area contributed by atoms with E-state index in [-0.39, 0.29) is 0 Å². The minimum absolute atomic E-state index is 0.550. The summed E-state index contributed by atoms with van der Waals surface area (Å²) in [6.45, 7) is 1.99. The third-order valence-electron chi connectivity index (χ3n) is 4.10. The van der Waals surface area contributed by atoms with E-state index in [1.807, 2.05) is 43.3 Å². The van der Waals surface area contributed by atoms with Crippen molar-refractivity contribution >= 4 is 56.5 Å². The van der Waals surface area contributed by atoms with Gasteiger partial charge in [-0.25, -0.2) is 4.98 Å². The molecule has 0 amide bonds. The summed E-state index contributed by atoms with van der Waals surface area (Å²) in [6, 6.07) is 13.5. The molecule has 0 radical (unpaired) electrons. The number of thiazole rings is 1. The number of methoxy groups -OCH3 is 1. The Morgan fingerprint density at radius 3 is 2.71 bits per heavy atom. The lowest BCUT2D eigenvalue weighted by Crippen LogP contribution is -1.93. The van der Waals surface area contributed by atoms with Crippen molar-refractivity contribution in [2.45, 2.75) is 17.7 Å². The molecule has 4 aromatic rings. The molecule has 4 nitrogen and oxygen atoms in total. The minimum atomic E-state index is 0.550. The molecule has 142 valence electrons. The van der Waals surface area contributed by atoms with Gasteiger partial charge in [0, 0.05) is 11.3 Å². The lowest BCUT2D eigenvalue weighted by Gasteiger charge is -2.07. The molecule has 2 heterocycles. The van der Waals surface area contributed by atoms with E-state index in [9.17, 15) is 0 Å². The molecule has 0 aliphatic heterocycles. The van der Waals surface area contributed by atoms with Crippen molar-refractivity contribution in [3.05, 3.63) is 63.1 Å². The Hall–Kier alpha value is -1.86. The summed E-state index contributed by atoms with van der Waals surface area (Å²) in [7, 11) is 1.65. The molecule has 4 rings (SSSR count). The van der Waals surface area contributed by atoms with E-state index in [2.05, 4.69) is 10.2 Å². The number of ether oxygens (including phenoxy) is 1. The van der Waals surface area contributed by atoms with Gasteiger partial charge in [0.25, 0.3) is 0 Å². The Morgan fingerprint density at radius 1 is 1.07 bits per heavy atom. The Morgan fingerprint density at radius 2 is 1.93 bits per heavy atom. The van der Waals surface area contributed by atoms with Crippen LogP contribution in [0.5, 0.6) is 5.75 Å². The molecule has 0 fully saturated rings. The highest BCUT2D eigenvalue weighted by molar-refractivity contribution is 7.98. The third kappa shape index (κ3) is 3.96. The van der Waals surface area contributed by atoms with E-state index in [4.69, 9.17) is 32.9 Å². The van der Waals surface area contributed by atoms with Crippen LogP contribution in [0.4, 0.5) is 0 Å². The quantitative estimate of drug-likeness (QED) is 0.319. The maximum atomic E-state index is 6.12. The standard InChI is InChI=1S/C20H15Cl2N3OS2/c1-11-23-18-19(28-11)17(13-4-3-5-14(9-13)26-2)24-25-20(18)27-10-12-6-7-15(21)16(22)8-12/h3-9H,10H2,1-2H3. The van der Waals surface area contributed by atoms with Crippen LogP contribution in [0.2, 0.25) is 10.0 Å². The molecular weight excluding hydrogens is 433 g/mol. The first-order valence-corrected chi connectivity index (χ1v) is 11.0. The lowest BCUT2D eigenvalue weighted by molar-refractivity contribution is 0.415. The Kier molecular flexibility index (Phi) is 5.73. The van der Waals surface area contributed by atoms with Gasteiger partial charge in [-0.15, -0.1) is 21.5 Å². The number of hydrogen-bond donors (Lipinski definition) is 0. The topological polar surface area (TPSA) is 47.9 Å². The second kappa shape index (κ2) is 8.25. The van der Waals surface area contributed by atoms with E-state index in [0.29, 0.717) is 15.8 Å². The van der Waals surface area contributed by atoms with Crippen LogP contribution in [0.25, 0.3) is 21.5 Å². The zero-order valence-corrected chi connectivity index (χ0v) is 18.2. The van der Waals surface area contributed by atoms with Gasteiger partial charge in [-0.2, -0.15) is 0 Å². The van der Waals surface area contributed by atoms with Crippen LogP contribution in [0.1, 0.15) is 10.6 Å². The Labute approximate surface area is 180 Å². The number of aromatic nitrogens is 3. The maximum absolute atomic E-state index is 6.12. The van der Waals surface area contributed by atoms with Crippen molar-refractivity contribution in [3.8, 4) is 17.0 Å². The van der Waals surface area contributed by atoms with E-state index in [0.717, 1.165) is 42.8 Å². The molecule has 0 saturated heterocycles. The fourth-order valence-electron chi connectivity index (χ4n) is 2.76. The summed E-state index contributed by atoms with van der Waals surface area (Å²) >= 11 is 15.3. The van der Waals surface area contributed by atoms with E-state index >= 15 is 0 Å². The summed E-state index contributed by atoms with van der Waals surface area (Å²) in [5, 5.41) is 11.9. The average molecular weight is 448 g/mol. The van der Waals surface area contributed by atoms with Gasteiger partial charge in [-0.1, -0.05) is 53.2 Å². The number of halogens is 2. The second-order valence-corrected chi connectivity index (χ2v) is 9.02. The van der Waals surface area contributed by atoms with Gasteiger partial charge in [0.05, 0.1) is 26.9 Å². The number of aryl methyl sites for hydroxylation is 1. The molecule has 0 atom stereocenters. The first kappa shape index (κ1) is 19.5. The highest BCUT2D eigenvalue weighted by Gasteiger charge is 2.16. The molecule has 2 aromatic carbocycles. The smallest absolute Gasteiger partial charge is 0.146 e. The van der Waals surface area contributed by atoms with Crippen molar-refractivity contribution in [2.24, 2.45) is 0 Å². The predicted molar refractivity (Wildman–Crippen MR) is 118 cm³/mol. The van der Waals surface area contributed by atoms with Crippen molar-refractivity contribution in [2.75, 3.05) is 7.11 Å². The van der Waals surface area contributed by atoms with Gasteiger partial charge in [-0.3, -0.25) is 0 Å². The SMILES string of the molecule is COc1cccc(-c2nnc(SCc3ccc(Cl)c(Cl)c3)c3nc(C)sc23)c1. The predicted octanol–water partition coefficient (Wildman–Crippen LogP) is 6.67. The fourth-order valence-corrected chi connectivity index (χ4v) is 4.94. The lowest BCUT2D eigenvalue weighted by atomic mass is 10.1. The summed E-state index contributed by atoms with van der Waals surface area (Å²) in [5.41, 5.74) is 3.72. The molecule has 0 N–H and O–H groups in total. The fraction of sp³-hybridized carbons (Fsp3) is 0.150. The third-order valence-corrected chi connectivity index (χ3v) is 6.84. The van der Waals surface area contributed by atoms with Crippen LogP contribution in [0.3, 0.4) is 0 Å². The van der Waals surface area contributed by atoms with Crippen LogP contribution in [0, 0.1) is 6.92 Å². The minimum Gasteiger partial charge on any atom is -0.497 e. The van der Waals surface area contributed by atoms with E-state index in [1.54, 1.807) is 36.3 Å². The summed E-state index contributed by atoms with van der Waals surface area (Å²) in [4.78, 5) is 4.70. The average Bonchev–Trinajstić information content (AvgIpc) is 3.10. The van der Waals surface area contributed by atoms with Crippen LogP contribution >= 0.6 is 46.3 Å². The van der Waals surface area contributed by atoms with Gasteiger partial charge in [0.1, 0.15) is 22.0 Å². The van der Waals surface area contributed by atoms with Crippen molar-refractivity contribution in [1.82, 2.24) is 15.2 Å². The zero-order valence-electron chi connectivity index (χ0n) is 15.1. The molecule has 0 bridgehead atoms. The van der Waals surface area contributed by atoms with Crippen LogP contribution < -0.4 is 4.74 Å².